The molecule has 1 aliphatic heterocycles. The molecular formula is C24H30N2O4. The molecular weight excluding hydrogens is 380 g/mol. The average molecular weight is 411 g/mol. The van der Waals surface area contributed by atoms with Gasteiger partial charge in [0.1, 0.15) is 6.04 Å². The quantitative estimate of drug-likeness (QED) is 0.652. The highest BCUT2D eigenvalue weighted by molar-refractivity contribution is 5.87. The van der Waals surface area contributed by atoms with E-state index < -0.39 is 6.04 Å². The summed E-state index contributed by atoms with van der Waals surface area (Å²) in [6.45, 7) is 5.13. The van der Waals surface area contributed by atoms with E-state index >= 15 is 0 Å². The first kappa shape index (κ1) is 21.7. The molecule has 0 unspecified atom stereocenters. The van der Waals surface area contributed by atoms with Crippen LogP contribution in [0.1, 0.15) is 37.8 Å². The smallest absolute Gasteiger partial charge is 0.242 e. The number of fused-ring (bicyclic) bond motifs is 1. The van der Waals surface area contributed by atoms with Gasteiger partial charge in [-0.1, -0.05) is 43.3 Å². The minimum Gasteiger partial charge on any atom is -0.454 e. The lowest BCUT2D eigenvalue weighted by Gasteiger charge is -2.30. The van der Waals surface area contributed by atoms with Gasteiger partial charge in [-0.15, -0.1) is 0 Å². The highest BCUT2D eigenvalue weighted by Crippen LogP contribution is 2.32. The molecule has 0 radical (unpaired) electrons. The van der Waals surface area contributed by atoms with Crippen LogP contribution >= 0.6 is 0 Å². The first-order chi connectivity index (χ1) is 14.6. The molecule has 160 valence electrons. The van der Waals surface area contributed by atoms with Crippen molar-refractivity contribution in [1.29, 1.82) is 0 Å². The van der Waals surface area contributed by atoms with Crippen molar-refractivity contribution in [3.63, 3.8) is 0 Å². The number of nitrogens with zero attached hydrogens (tertiary/aromatic N) is 1. The summed E-state index contributed by atoms with van der Waals surface area (Å²) in [6.07, 6.45) is 2.22. The van der Waals surface area contributed by atoms with Crippen molar-refractivity contribution >= 4 is 11.8 Å². The molecule has 0 spiro atoms. The van der Waals surface area contributed by atoms with Gasteiger partial charge >= 0.3 is 0 Å². The zero-order valence-electron chi connectivity index (χ0n) is 17.7. The Labute approximate surface area is 178 Å². The number of benzene rings is 2. The van der Waals surface area contributed by atoms with Crippen LogP contribution in [0.2, 0.25) is 0 Å². The fourth-order valence-corrected chi connectivity index (χ4v) is 3.68. The molecule has 0 saturated heterocycles. The molecule has 1 heterocycles. The Hall–Kier alpha value is -3.02. The van der Waals surface area contributed by atoms with Crippen LogP contribution in [0.4, 0.5) is 0 Å². The van der Waals surface area contributed by atoms with E-state index in [1.165, 1.54) is 0 Å². The number of hydrogen-bond donors (Lipinski definition) is 1. The maximum absolute atomic E-state index is 13.2. The van der Waals surface area contributed by atoms with Crippen molar-refractivity contribution in [2.45, 2.75) is 45.6 Å². The second-order valence-electron chi connectivity index (χ2n) is 7.33. The van der Waals surface area contributed by atoms with E-state index in [4.69, 9.17) is 9.47 Å². The molecule has 0 saturated carbocycles. The van der Waals surface area contributed by atoms with Crippen molar-refractivity contribution in [2.24, 2.45) is 0 Å². The number of nitrogens with one attached hydrogen (secondary N) is 1. The van der Waals surface area contributed by atoms with Gasteiger partial charge in [-0.05, 0) is 49.4 Å². The number of carbonyl (C=O) groups excluding carboxylic acids is 2. The summed E-state index contributed by atoms with van der Waals surface area (Å²) in [5, 5.41) is 2.87. The summed E-state index contributed by atoms with van der Waals surface area (Å²) in [4.78, 5) is 27.5. The molecule has 0 fully saturated rings. The Morgan fingerprint density at radius 3 is 2.50 bits per heavy atom. The Morgan fingerprint density at radius 1 is 1.00 bits per heavy atom. The number of aryl methyl sites for hydroxylation is 1. The molecule has 1 atom stereocenters. The van der Waals surface area contributed by atoms with Gasteiger partial charge in [-0.2, -0.15) is 0 Å². The van der Waals surface area contributed by atoms with Gasteiger partial charge in [0.2, 0.25) is 18.6 Å². The zero-order valence-corrected chi connectivity index (χ0v) is 17.7. The molecule has 1 aliphatic rings. The number of rotatable bonds is 10. The number of amides is 2. The van der Waals surface area contributed by atoms with E-state index in [2.05, 4.69) is 5.32 Å². The van der Waals surface area contributed by atoms with Crippen LogP contribution in [0.3, 0.4) is 0 Å². The molecule has 0 aliphatic carbocycles. The van der Waals surface area contributed by atoms with Crippen molar-refractivity contribution in [2.75, 3.05) is 19.9 Å². The van der Waals surface area contributed by atoms with Crippen LogP contribution in [0.25, 0.3) is 0 Å². The summed E-state index contributed by atoms with van der Waals surface area (Å²) in [6, 6.07) is 15.3. The lowest BCUT2D eigenvalue weighted by Crippen LogP contribution is -2.50. The Balaban J connectivity index is 1.68. The van der Waals surface area contributed by atoms with Crippen LogP contribution < -0.4 is 14.8 Å². The van der Waals surface area contributed by atoms with Crippen LogP contribution in [0.15, 0.2) is 48.5 Å². The van der Waals surface area contributed by atoms with Crippen LogP contribution in [0.5, 0.6) is 11.5 Å². The van der Waals surface area contributed by atoms with Crippen LogP contribution in [-0.2, 0) is 22.4 Å². The number of hydrogen-bond acceptors (Lipinski definition) is 4. The molecule has 0 aromatic heterocycles. The zero-order chi connectivity index (χ0) is 21.3. The normalized spacial score (nSPS) is 13.0. The number of ether oxygens (including phenoxy) is 2. The van der Waals surface area contributed by atoms with Crippen molar-refractivity contribution in [3.05, 3.63) is 59.7 Å². The van der Waals surface area contributed by atoms with Gasteiger partial charge in [0, 0.05) is 19.5 Å². The first-order valence-corrected chi connectivity index (χ1v) is 10.6. The van der Waals surface area contributed by atoms with E-state index in [1.807, 2.05) is 62.4 Å². The second kappa shape index (κ2) is 10.7. The van der Waals surface area contributed by atoms with E-state index in [0.717, 1.165) is 22.6 Å². The highest BCUT2D eigenvalue weighted by atomic mass is 16.7. The molecule has 0 bridgehead atoms. The molecule has 6 nitrogen and oxygen atoms in total. The van der Waals surface area contributed by atoms with Crippen molar-refractivity contribution in [1.82, 2.24) is 10.2 Å². The third-order valence-corrected chi connectivity index (χ3v) is 5.29. The maximum atomic E-state index is 13.2. The lowest BCUT2D eigenvalue weighted by molar-refractivity contribution is -0.140. The summed E-state index contributed by atoms with van der Waals surface area (Å²) in [5.41, 5.74) is 2.17. The largest absolute Gasteiger partial charge is 0.454 e. The predicted molar refractivity (Wildman–Crippen MR) is 116 cm³/mol. The third-order valence-electron chi connectivity index (χ3n) is 5.29. The average Bonchev–Trinajstić information content (AvgIpc) is 3.23. The lowest BCUT2D eigenvalue weighted by atomic mass is 10.1. The summed E-state index contributed by atoms with van der Waals surface area (Å²) in [5.74, 6) is 1.35. The topological polar surface area (TPSA) is 67.9 Å². The molecule has 6 heteroatoms. The van der Waals surface area contributed by atoms with Crippen molar-refractivity contribution in [3.8, 4) is 11.5 Å². The Kier molecular flexibility index (Phi) is 7.71. The maximum Gasteiger partial charge on any atom is 0.242 e. The summed E-state index contributed by atoms with van der Waals surface area (Å²) in [7, 11) is 0. The van der Waals surface area contributed by atoms with Crippen LogP contribution in [-0.4, -0.2) is 42.6 Å². The van der Waals surface area contributed by atoms with Gasteiger partial charge in [0.25, 0.3) is 0 Å². The van der Waals surface area contributed by atoms with Gasteiger partial charge in [-0.25, -0.2) is 0 Å². The highest BCUT2D eigenvalue weighted by Gasteiger charge is 2.27. The summed E-state index contributed by atoms with van der Waals surface area (Å²) < 4.78 is 10.8. The Bertz CT molecular complexity index is 854. The SMILES string of the molecule is CCNC(=O)[C@@H](CC)N(CCc1ccccc1)C(=O)CCc1ccc2c(c1)OCO2. The van der Waals surface area contributed by atoms with E-state index in [9.17, 15) is 9.59 Å². The van der Waals surface area contributed by atoms with E-state index in [0.29, 0.717) is 38.8 Å². The minimum absolute atomic E-state index is 0.0123. The molecule has 2 amide bonds. The number of likely N-dealkylation sites (N-methyl/N-ethyl adjacent to an activating group) is 1. The number of carbonyl (C=O) groups is 2. The van der Waals surface area contributed by atoms with Gasteiger partial charge in [0.05, 0.1) is 0 Å². The standard InChI is InChI=1S/C24H30N2O4/c1-3-20(24(28)25-4-2)26(15-14-18-8-6-5-7-9-18)23(27)13-11-19-10-12-21-22(16-19)30-17-29-21/h5-10,12,16,20H,3-4,11,13-15,17H2,1-2H3,(H,25,28)/t20-/m1/s1. The van der Waals surface area contributed by atoms with E-state index in [1.54, 1.807) is 4.90 Å². The second-order valence-corrected chi connectivity index (χ2v) is 7.33. The van der Waals surface area contributed by atoms with Gasteiger partial charge < -0.3 is 19.7 Å². The summed E-state index contributed by atoms with van der Waals surface area (Å²) >= 11 is 0. The Morgan fingerprint density at radius 2 is 1.77 bits per heavy atom. The molecule has 1 N–H and O–H groups in total. The predicted octanol–water partition coefficient (Wildman–Crippen LogP) is 3.33. The fraction of sp³-hybridized carbons (Fsp3) is 0.417. The molecule has 2 aromatic rings. The minimum atomic E-state index is -0.460. The first-order valence-electron chi connectivity index (χ1n) is 10.6. The molecule has 3 rings (SSSR count). The fourth-order valence-electron chi connectivity index (χ4n) is 3.68. The van der Waals surface area contributed by atoms with Crippen molar-refractivity contribution < 1.29 is 19.1 Å². The monoisotopic (exact) mass is 410 g/mol. The van der Waals surface area contributed by atoms with Gasteiger partial charge in [-0.3, -0.25) is 9.59 Å². The van der Waals surface area contributed by atoms with Crippen LogP contribution in [0, 0.1) is 0 Å². The van der Waals surface area contributed by atoms with E-state index in [-0.39, 0.29) is 18.6 Å². The molecule has 30 heavy (non-hydrogen) atoms. The molecule has 2 aromatic carbocycles. The van der Waals surface area contributed by atoms with Gasteiger partial charge in [0.15, 0.2) is 11.5 Å². The third kappa shape index (κ3) is 5.53.